The van der Waals surface area contributed by atoms with Gasteiger partial charge in [0.1, 0.15) is 0 Å². The first-order chi connectivity index (χ1) is 7.06. The molecule has 0 spiro atoms. The maximum atomic E-state index is 11.7. The Kier molecular flexibility index (Phi) is 3.85. The van der Waals surface area contributed by atoms with Gasteiger partial charge in [-0.3, -0.25) is 9.89 Å². The molecule has 5 heteroatoms. The molecule has 0 aliphatic carbocycles. The van der Waals surface area contributed by atoms with Crippen LogP contribution < -0.4 is 11.1 Å². The number of nitrogens with two attached hydrogens (primary N) is 1. The number of aromatic amines is 1. The summed E-state index contributed by atoms with van der Waals surface area (Å²) < 4.78 is 0. The molecule has 1 unspecified atom stereocenters. The summed E-state index contributed by atoms with van der Waals surface area (Å²) in [6, 6.07) is 0.0152. The average molecular weight is 210 g/mol. The molecule has 1 aromatic heterocycles. The fourth-order valence-electron chi connectivity index (χ4n) is 1.34. The summed E-state index contributed by atoms with van der Waals surface area (Å²) in [5, 5.41) is 9.54. The van der Waals surface area contributed by atoms with Gasteiger partial charge in [0, 0.05) is 18.3 Å². The van der Waals surface area contributed by atoms with Crippen molar-refractivity contribution in [1.82, 2.24) is 15.5 Å². The fourth-order valence-corrected chi connectivity index (χ4v) is 1.34. The second-order valence-corrected chi connectivity index (χ2v) is 3.69. The van der Waals surface area contributed by atoms with Gasteiger partial charge >= 0.3 is 0 Å². The van der Waals surface area contributed by atoms with Crippen molar-refractivity contribution < 1.29 is 4.79 Å². The normalized spacial score (nSPS) is 12.5. The molecule has 84 valence electrons. The maximum absolute atomic E-state index is 11.7. The van der Waals surface area contributed by atoms with Crippen LogP contribution in [0.5, 0.6) is 0 Å². The van der Waals surface area contributed by atoms with Gasteiger partial charge in [-0.2, -0.15) is 5.10 Å². The van der Waals surface area contributed by atoms with E-state index >= 15 is 0 Å². The van der Waals surface area contributed by atoms with Crippen LogP contribution in [-0.2, 0) is 0 Å². The van der Waals surface area contributed by atoms with Gasteiger partial charge in [0.15, 0.2) is 0 Å². The third-order valence-electron chi connectivity index (χ3n) is 2.40. The molecule has 0 radical (unpaired) electrons. The van der Waals surface area contributed by atoms with E-state index in [0.29, 0.717) is 12.1 Å². The van der Waals surface area contributed by atoms with Crippen LogP contribution in [0.3, 0.4) is 0 Å². The van der Waals surface area contributed by atoms with Crippen LogP contribution in [0.15, 0.2) is 0 Å². The van der Waals surface area contributed by atoms with E-state index in [9.17, 15) is 4.79 Å². The summed E-state index contributed by atoms with van der Waals surface area (Å²) in [5.74, 6) is -0.109. The smallest absolute Gasteiger partial charge is 0.255 e. The molecule has 0 saturated carbocycles. The van der Waals surface area contributed by atoms with Crippen molar-refractivity contribution in [2.75, 3.05) is 6.54 Å². The van der Waals surface area contributed by atoms with Gasteiger partial charge in [-0.25, -0.2) is 0 Å². The molecule has 0 aromatic carbocycles. The first-order valence-electron chi connectivity index (χ1n) is 5.11. The molecule has 1 aromatic rings. The number of rotatable bonds is 4. The van der Waals surface area contributed by atoms with E-state index in [0.717, 1.165) is 17.8 Å². The lowest BCUT2D eigenvalue weighted by atomic mass is 10.1. The van der Waals surface area contributed by atoms with E-state index in [1.807, 2.05) is 13.8 Å². The van der Waals surface area contributed by atoms with E-state index in [-0.39, 0.29) is 11.9 Å². The standard InChI is InChI=1S/C10H18N4O/c1-4-8(11)5-12-10(15)9-6(2)13-14-7(9)3/h8H,4-5,11H2,1-3H3,(H,12,15)(H,13,14). The largest absolute Gasteiger partial charge is 0.350 e. The number of nitrogens with one attached hydrogen (secondary N) is 2. The number of amides is 1. The zero-order valence-corrected chi connectivity index (χ0v) is 9.42. The van der Waals surface area contributed by atoms with Gasteiger partial charge in [-0.15, -0.1) is 0 Å². The summed E-state index contributed by atoms with van der Waals surface area (Å²) in [7, 11) is 0. The number of nitrogens with zero attached hydrogens (tertiary/aromatic N) is 1. The second kappa shape index (κ2) is 4.93. The zero-order valence-electron chi connectivity index (χ0n) is 9.42. The number of hydrogen-bond acceptors (Lipinski definition) is 3. The van der Waals surface area contributed by atoms with Gasteiger partial charge in [0.25, 0.3) is 5.91 Å². The van der Waals surface area contributed by atoms with E-state index in [4.69, 9.17) is 5.73 Å². The van der Waals surface area contributed by atoms with E-state index in [2.05, 4.69) is 15.5 Å². The Balaban J connectivity index is 2.62. The molecular formula is C10H18N4O. The Labute approximate surface area is 89.4 Å². The lowest BCUT2D eigenvalue weighted by molar-refractivity contribution is 0.0950. The lowest BCUT2D eigenvalue weighted by Gasteiger charge is -2.10. The quantitative estimate of drug-likeness (QED) is 0.676. The Morgan fingerprint density at radius 1 is 1.60 bits per heavy atom. The van der Waals surface area contributed by atoms with Crippen molar-refractivity contribution in [3.63, 3.8) is 0 Å². The molecule has 1 heterocycles. The second-order valence-electron chi connectivity index (χ2n) is 3.69. The molecule has 0 aliphatic rings. The third-order valence-corrected chi connectivity index (χ3v) is 2.40. The summed E-state index contributed by atoms with van der Waals surface area (Å²) in [6.45, 7) is 6.12. The molecule has 5 nitrogen and oxygen atoms in total. The Hall–Kier alpha value is -1.36. The van der Waals surface area contributed by atoms with Crippen molar-refractivity contribution in [3.05, 3.63) is 17.0 Å². The van der Waals surface area contributed by atoms with Crippen molar-refractivity contribution in [2.45, 2.75) is 33.2 Å². The third kappa shape index (κ3) is 2.79. The van der Waals surface area contributed by atoms with Crippen molar-refractivity contribution in [2.24, 2.45) is 5.73 Å². The van der Waals surface area contributed by atoms with Gasteiger partial charge in [-0.05, 0) is 20.3 Å². The molecule has 0 aliphatic heterocycles. The summed E-state index contributed by atoms with van der Waals surface area (Å²) >= 11 is 0. The van der Waals surface area contributed by atoms with E-state index < -0.39 is 0 Å². The van der Waals surface area contributed by atoms with Gasteiger partial charge < -0.3 is 11.1 Å². The number of carbonyl (C=O) groups is 1. The lowest BCUT2D eigenvalue weighted by Crippen LogP contribution is -2.37. The summed E-state index contributed by atoms with van der Waals surface area (Å²) in [5.41, 5.74) is 7.84. The van der Waals surface area contributed by atoms with Crippen LogP contribution in [0.25, 0.3) is 0 Å². The summed E-state index contributed by atoms with van der Waals surface area (Å²) in [4.78, 5) is 11.7. The van der Waals surface area contributed by atoms with Crippen LogP contribution in [0.2, 0.25) is 0 Å². The van der Waals surface area contributed by atoms with Gasteiger partial charge in [-0.1, -0.05) is 6.92 Å². The first kappa shape index (κ1) is 11.7. The highest BCUT2D eigenvalue weighted by Crippen LogP contribution is 2.08. The highest BCUT2D eigenvalue weighted by Gasteiger charge is 2.15. The number of H-pyrrole nitrogens is 1. The maximum Gasteiger partial charge on any atom is 0.255 e. The minimum atomic E-state index is -0.109. The molecule has 0 fully saturated rings. The van der Waals surface area contributed by atoms with E-state index in [1.165, 1.54) is 0 Å². The predicted molar refractivity (Wildman–Crippen MR) is 58.7 cm³/mol. The minimum absolute atomic E-state index is 0.0152. The molecule has 15 heavy (non-hydrogen) atoms. The highest BCUT2D eigenvalue weighted by molar-refractivity contribution is 5.96. The molecule has 4 N–H and O–H groups in total. The molecule has 0 bridgehead atoms. The van der Waals surface area contributed by atoms with Crippen LogP contribution in [-0.4, -0.2) is 28.7 Å². The minimum Gasteiger partial charge on any atom is -0.350 e. The SMILES string of the molecule is CCC(N)CNC(=O)c1c(C)n[nH]c1C. The molecule has 0 saturated heterocycles. The Bertz CT molecular complexity index is 326. The van der Waals surface area contributed by atoms with Crippen molar-refractivity contribution in [3.8, 4) is 0 Å². The number of carbonyl (C=O) groups excluding carboxylic acids is 1. The zero-order chi connectivity index (χ0) is 11.4. The van der Waals surface area contributed by atoms with Gasteiger partial charge in [0.05, 0.1) is 11.3 Å². The molecular weight excluding hydrogens is 192 g/mol. The molecule has 1 amide bonds. The highest BCUT2D eigenvalue weighted by atomic mass is 16.1. The van der Waals surface area contributed by atoms with Crippen LogP contribution >= 0.6 is 0 Å². The van der Waals surface area contributed by atoms with Crippen molar-refractivity contribution >= 4 is 5.91 Å². The van der Waals surface area contributed by atoms with Gasteiger partial charge in [0.2, 0.25) is 0 Å². The van der Waals surface area contributed by atoms with Crippen LogP contribution in [0.1, 0.15) is 35.1 Å². The Morgan fingerprint density at radius 2 is 2.27 bits per heavy atom. The number of aromatic nitrogens is 2. The molecule has 1 atom stereocenters. The number of aryl methyl sites for hydroxylation is 2. The Morgan fingerprint density at radius 3 is 2.73 bits per heavy atom. The topological polar surface area (TPSA) is 83.8 Å². The number of hydrogen-bond donors (Lipinski definition) is 3. The summed E-state index contributed by atoms with van der Waals surface area (Å²) in [6.07, 6.45) is 0.851. The monoisotopic (exact) mass is 210 g/mol. The predicted octanol–water partition coefficient (Wildman–Crippen LogP) is 0.494. The van der Waals surface area contributed by atoms with E-state index in [1.54, 1.807) is 6.92 Å². The average Bonchev–Trinajstić information content (AvgIpc) is 2.54. The first-order valence-corrected chi connectivity index (χ1v) is 5.11. The molecule has 1 rings (SSSR count). The van der Waals surface area contributed by atoms with Crippen molar-refractivity contribution in [1.29, 1.82) is 0 Å². The van der Waals surface area contributed by atoms with Crippen LogP contribution in [0, 0.1) is 13.8 Å². The van der Waals surface area contributed by atoms with Crippen LogP contribution in [0.4, 0.5) is 0 Å². The fraction of sp³-hybridized carbons (Fsp3) is 0.600.